The molecule has 0 bridgehead atoms. The van der Waals surface area contributed by atoms with Crippen molar-refractivity contribution in [3.8, 4) is 0 Å². The molecule has 0 saturated carbocycles. The van der Waals surface area contributed by atoms with E-state index < -0.39 is 0 Å². The van der Waals surface area contributed by atoms with E-state index in [1.54, 1.807) is 6.92 Å². The third-order valence-corrected chi connectivity index (χ3v) is 4.38. The van der Waals surface area contributed by atoms with Crippen LogP contribution in [0.1, 0.15) is 31.7 Å². The Morgan fingerprint density at radius 3 is 2.62 bits per heavy atom. The molecule has 2 aromatic carbocycles. The summed E-state index contributed by atoms with van der Waals surface area (Å²) < 4.78 is 7.85. The largest absolute Gasteiger partial charge is 0.423 e. The van der Waals surface area contributed by atoms with E-state index in [0.29, 0.717) is 11.8 Å². The quantitative estimate of drug-likeness (QED) is 0.593. The summed E-state index contributed by atoms with van der Waals surface area (Å²) in [6.07, 6.45) is 0. The Kier molecular flexibility index (Phi) is 3.49. The monoisotopic (exact) mass is 320 g/mol. The van der Waals surface area contributed by atoms with Crippen LogP contribution >= 0.6 is 0 Å². The maximum absolute atomic E-state index is 5.51. The molecule has 24 heavy (non-hydrogen) atoms. The molecular formula is C19H20N4O. The lowest BCUT2D eigenvalue weighted by Crippen LogP contribution is -2.07. The van der Waals surface area contributed by atoms with Crippen molar-refractivity contribution in [2.24, 2.45) is 0 Å². The Labute approximate surface area is 140 Å². The molecule has 0 spiro atoms. The maximum Gasteiger partial charge on any atom is 0.238 e. The molecule has 2 aromatic heterocycles. The molecule has 0 saturated heterocycles. The lowest BCUT2D eigenvalue weighted by molar-refractivity contribution is 0.451. The Hall–Kier alpha value is -2.82. The maximum atomic E-state index is 5.51. The summed E-state index contributed by atoms with van der Waals surface area (Å²) in [6, 6.07) is 15.0. The molecule has 0 aliphatic heterocycles. The van der Waals surface area contributed by atoms with Crippen LogP contribution in [-0.4, -0.2) is 14.8 Å². The molecule has 4 aromatic rings. The number of anilines is 1. The fraction of sp³-hybridized carbons (Fsp3) is 0.263. The number of hydrogen-bond acceptors (Lipinski definition) is 4. The summed E-state index contributed by atoms with van der Waals surface area (Å²) in [5.74, 6) is 1.18. The number of aromatic nitrogens is 3. The van der Waals surface area contributed by atoms with Crippen molar-refractivity contribution in [3.05, 3.63) is 54.2 Å². The first-order valence-corrected chi connectivity index (χ1v) is 8.25. The Balaban J connectivity index is 1.76. The van der Waals surface area contributed by atoms with Gasteiger partial charge in [-0.1, -0.05) is 18.2 Å². The van der Waals surface area contributed by atoms with E-state index in [0.717, 1.165) is 12.2 Å². The molecule has 0 amide bonds. The van der Waals surface area contributed by atoms with Crippen molar-refractivity contribution < 1.29 is 4.42 Å². The van der Waals surface area contributed by atoms with Gasteiger partial charge in [0.25, 0.3) is 0 Å². The molecule has 4 rings (SSSR count). The van der Waals surface area contributed by atoms with Crippen LogP contribution in [0, 0.1) is 6.92 Å². The van der Waals surface area contributed by atoms with Crippen LogP contribution in [0.4, 0.5) is 5.69 Å². The zero-order chi connectivity index (χ0) is 16.7. The fourth-order valence-electron chi connectivity index (χ4n) is 3.28. The lowest BCUT2D eigenvalue weighted by Gasteiger charge is -2.12. The predicted octanol–water partition coefficient (Wildman–Crippen LogP) is 4.68. The summed E-state index contributed by atoms with van der Waals surface area (Å²) in [4.78, 5) is 0. The molecule has 1 N–H and O–H groups in total. The molecule has 122 valence electrons. The van der Waals surface area contributed by atoms with E-state index in [9.17, 15) is 0 Å². The number of fused-ring (bicyclic) bond motifs is 3. The Morgan fingerprint density at radius 2 is 1.88 bits per heavy atom. The highest BCUT2D eigenvalue weighted by atomic mass is 16.4. The molecule has 0 aliphatic rings. The summed E-state index contributed by atoms with van der Waals surface area (Å²) >= 11 is 0. The molecular weight excluding hydrogens is 300 g/mol. The molecule has 1 atom stereocenters. The predicted molar refractivity (Wildman–Crippen MR) is 96.2 cm³/mol. The number of hydrogen-bond donors (Lipinski definition) is 1. The second-order valence-corrected chi connectivity index (χ2v) is 6.02. The van der Waals surface area contributed by atoms with Crippen molar-refractivity contribution >= 4 is 27.5 Å². The van der Waals surface area contributed by atoms with Gasteiger partial charge in [-0.2, -0.15) is 0 Å². The Morgan fingerprint density at radius 1 is 1.08 bits per heavy atom. The van der Waals surface area contributed by atoms with Gasteiger partial charge in [0.1, 0.15) is 6.04 Å². The van der Waals surface area contributed by atoms with Gasteiger partial charge in [0, 0.05) is 41.0 Å². The SMILES string of the molecule is CCn1c2ccccc2c2cc(NC(C)c3nnc(C)o3)ccc21. The fourth-order valence-corrected chi connectivity index (χ4v) is 3.28. The number of rotatable bonds is 4. The molecule has 5 heteroatoms. The number of aryl methyl sites for hydroxylation is 2. The number of nitrogens with one attached hydrogen (secondary N) is 1. The highest BCUT2D eigenvalue weighted by molar-refractivity contribution is 6.09. The van der Waals surface area contributed by atoms with Crippen molar-refractivity contribution in [2.45, 2.75) is 33.4 Å². The normalized spacial score (nSPS) is 12.8. The standard InChI is InChI=1S/C19H20N4O/c1-4-23-17-8-6-5-7-15(17)16-11-14(9-10-18(16)23)20-12(2)19-22-21-13(3)24-19/h5-12,20H,4H2,1-3H3. The van der Waals surface area contributed by atoms with E-state index in [1.165, 1.54) is 21.8 Å². The van der Waals surface area contributed by atoms with Crippen LogP contribution in [0.25, 0.3) is 21.8 Å². The van der Waals surface area contributed by atoms with Crippen LogP contribution in [-0.2, 0) is 6.54 Å². The first-order valence-electron chi connectivity index (χ1n) is 8.25. The molecule has 0 radical (unpaired) electrons. The average molecular weight is 320 g/mol. The third-order valence-electron chi connectivity index (χ3n) is 4.38. The summed E-state index contributed by atoms with van der Waals surface area (Å²) in [5, 5.41) is 14.0. The average Bonchev–Trinajstić information content (AvgIpc) is 3.16. The van der Waals surface area contributed by atoms with Crippen LogP contribution in [0.5, 0.6) is 0 Å². The van der Waals surface area contributed by atoms with Gasteiger partial charge in [-0.25, -0.2) is 0 Å². The number of para-hydroxylation sites is 1. The van der Waals surface area contributed by atoms with Crippen molar-refractivity contribution in [3.63, 3.8) is 0 Å². The minimum absolute atomic E-state index is 0.0387. The van der Waals surface area contributed by atoms with Crippen LogP contribution < -0.4 is 5.32 Å². The highest BCUT2D eigenvalue weighted by Gasteiger charge is 2.14. The number of nitrogens with zero attached hydrogens (tertiary/aromatic N) is 3. The van der Waals surface area contributed by atoms with E-state index >= 15 is 0 Å². The zero-order valence-electron chi connectivity index (χ0n) is 14.1. The topological polar surface area (TPSA) is 55.9 Å². The summed E-state index contributed by atoms with van der Waals surface area (Å²) in [5.41, 5.74) is 3.57. The van der Waals surface area contributed by atoms with E-state index in [-0.39, 0.29) is 6.04 Å². The zero-order valence-corrected chi connectivity index (χ0v) is 14.1. The summed E-state index contributed by atoms with van der Waals surface area (Å²) in [6.45, 7) is 6.95. The van der Waals surface area contributed by atoms with Crippen LogP contribution in [0.15, 0.2) is 46.9 Å². The molecule has 0 fully saturated rings. The van der Waals surface area contributed by atoms with Crippen LogP contribution in [0.2, 0.25) is 0 Å². The van der Waals surface area contributed by atoms with Crippen LogP contribution in [0.3, 0.4) is 0 Å². The molecule has 1 unspecified atom stereocenters. The molecule has 5 nitrogen and oxygen atoms in total. The van der Waals surface area contributed by atoms with E-state index in [2.05, 4.69) is 69.5 Å². The molecule has 0 aliphatic carbocycles. The van der Waals surface area contributed by atoms with Gasteiger partial charge in [-0.15, -0.1) is 10.2 Å². The first kappa shape index (κ1) is 14.8. The van der Waals surface area contributed by atoms with Gasteiger partial charge in [-0.05, 0) is 38.1 Å². The van der Waals surface area contributed by atoms with Gasteiger partial charge in [0.05, 0.1) is 0 Å². The Bertz CT molecular complexity index is 1010. The minimum atomic E-state index is -0.0387. The second kappa shape index (κ2) is 5.67. The van der Waals surface area contributed by atoms with Crippen molar-refractivity contribution in [2.75, 3.05) is 5.32 Å². The van der Waals surface area contributed by atoms with Crippen molar-refractivity contribution in [1.82, 2.24) is 14.8 Å². The lowest BCUT2D eigenvalue weighted by atomic mass is 10.1. The first-order chi connectivity index (χ1) is 11.7. The molecule has 2 heterocycles. The van der Waals surface area contributed by atoms with Gasteiger partial charge >= 0.3 is 0 Å². The third kappa shape index (κ3) is 2.33. The van der Waals surface area contributed by atoms with Gasteiger partial charge in [-0.3, -0.25) is 0 Å². The smallest absolute Gasteiger partial charge is 0.238 e. The van der Waals surface area contributed by atoms with E-state index in [1.807, 2.05) is 6.92 Å². The van der Waals surface area contributed by atoms with E-state index in [4.69, 9.17) is 4.42 Å². The van der Waals surface area contributed by atoms with Gasteiger partial charge < -0.3 is 14.3 Å². The second-order valence-electron chi connectivity index (χ2n) is 6.02. The summed E-state index contributed by atoms with van der Waals surface area (Å²) in [7, 11) is 0. The van der Waals surface area contributed by atoms with Crippen molar-refractivity contribution in [1.29, 1.82) is 0 Å². The van der Waals surface area contributed by atoms with Gasteiger partial charge in [0.2, 0.25) is 11.8 Å². The highest BCUT2D eigenvalue weighted by Crippen LogP contribution is 2.31. The van der Waals surface area contributed by atoms with Gasteiger partial charge in [0.15, 0.2) is 0 Å². The minimum Gasteiger partial charge on any atom is -0.423 e. The number of benzene rings is 2.